The Morgan fingerprint density at radius 2 is 1.90 bits per heavy atom. The number of rotatable bonds is 7. The number of nitrogens with zero attached hydrogens (tertiary/aromatic N) is 3. The second-order valence-electron chi connectivity index (χ2n) is 4.24. The molecule has 0 amide bonds. The summed E-state index contributed by atoms with van der Waals surface area (Å²) in [4.78, 5) is 12.1. The van der Waals surface area contributed by atoms with Gasteiger partial charge in [0.05, 0.1) is 12.4 Å². The molecule has 2 aromatic heterocycles. The Kier molecular flexibility index (Phi) is 5.18. The molecule has 0 fully saturated rings. The summed E-state index contributed by atoms with van der Waals surface area (Å²) in [6.45, 7) is 2.86. The van der Waals surface area contributed by atoms with E-state index in [4.69, 9.17) is 0 Å². The molecule has 8 heteroatoms. The fraction of sp³-hybridized carbons (Fsp3) is 0.308. The summed E-state index contributed by atoms with van der Waals surface area (Å²) in [5.41, 5.74) is 0.832. The van der Waals surface area contributed by atoms with Crippen molar-refractivity contribution in [1.29, 1.82) is 0 Å². The van der Waals surface area contributed by atoms with Gasteiger partial charge in [0.2, 0.25) is 16.0 Å². The van der Waals surface area contributed by atoms with Crippen LogP contribution >= 0.6 is 0 Å². The Balaban J connectivity index is 1.95. The van der Waals surface area contributed by atoms with Gasteiger partial charge in [0.1, 0.15) is 4.90 Å². The minimum Gasteiger partial charge on any atom is -0.355 e. The molecule has 2 N–H and O–H groups in total. The molecule has 0 spiro atoms. The monoisotopic (exact) mass is 307 g/mol. The van der Waals surface area contributed by atoms with Crippen molar-refractivity contribution in [1.82, 2.24) is 19.7 Å². The van der Waals surface area contributed by atoms with Gasteiger partial charge in [-0.05, 0) is 19.1 Å². The van der Waals surface area contributed by atoms with Crippen LogP contribution in [0.4, 0.5) is 5.95 Å². The van der Waals surface area contributed by atoms with Crippen LogP contribution in [-0.2, 0) is 16.4 Å². The molecule has 0 aliphatic rings. The number of hydrogen-bond donors (Lipinski definition) is 2. The largest absolute Gasteiger partial charge is 0.355 e. The van der Waals surface area contributed by atoms with E-state index >= 15 is 0 Å². The third-order valence-corrected chi connectivity index (χ3v) is 4.09. The van der Waals surface area contributed by atoms with Crippen molar-refractivity contribution in [3.05, 3.63) is 42.5 Å². The number of nitrogens with one attached hydrogen (secondary N) is 2. The number of pyridine rings is 1. The van der Waals surface area contributed by atoms with Crippen molar-refractivity contribution in [2.75, 3.05) is 18.4 Å². The van der Waals surface area contributed by atoms with Gasteiger partial charge in [-0.1, -0.05) is 6.07 Å². The van der Waals surface area contributed by atoms with Crippen LogP contribution < -0.4 is 10.0 Å². The first-order chi connectivity index (χ1) is 10.1. The molecule has 2 heterocycles. The summed E-state index contributed by atoms with van der Waals surface area (Å²) in [6, 6.07) is 5.53. The Morgan fingerprint density at radius 3 is 2.52 bits per heavy atom. The lowest BCUT2D eigenvalue weighted by molar-refractivity contribution is 0.580. The smallest absolute Gasteiger partial charge is 0.243 e. The molecule has 0 aliphatic heterocycles. The minimum atomic E-state index is -3.59. The summed E-state index contributed by atoms with van der Waals surface area (Å²) in [5, 5.41) is 2.91. The van der Waals surface area contributed by atoms with E-state index in [0.29, 0.717) is 18.9 Å². The highest BCUT2D eigenvalue weighted by Crippen LogP contribution is 2.07. The van der Waals surface area contributed by atoms with E-state index in [1.54, 1.807) is 6.20 Å². The molecule has 0 atom stereocenters. The third kappa shape index (κ3) is 4.47. The van der Waals surface area contributed by atoms with Crippen molar-refractivity contribution < 1.29 is 8.42 Å². The van der Waals surface area contributed by atoms with Crippen LogP contribution in [0.25, 0.3) is 0 Å². The number of aromatic nitrogens is 3. The first kappa shape index (κ1) is 15.3. The highest BCUT2D eigenvalue weighted by atomic mass is 32.2. The van der Waals surface area contributed by atoms with E-state index in [1.807, 2.05) is 25.1 Å². The SMILES string of the molecule is CCNc1ncc(S(=O)(=O)NCCc2ccccn2)cn1. The van der Waals surface area contributed by atoms with Gasteiger partial charge >= 0.3 is 0 Å². The van der Waals surface area contributed by atoms with Crippen molar-refractivity contribution >= 4 is 16.0 Å². The fourth-order valence-electron chi connectivity index (χ4n) is 1.65. The summed E-state index contributed by atoms with van der Waals surface area (Å²) in [6.07, 6.45) is 4.77. The molecule has 21 heavy (non-hydrogen) atoms. The summed E-state index contributed by atoms with van der Waals surface area (Å²) >= 11 is 0. The second kappa shape index (κ2) is 7.09. The first-order valence-corrected chi connectivity index (χ1v) is 8.05. The Hall–Kier alpha value is -2.06. The third-order valence-electron chi connectivity index (χ3n) is 2.67. The molecule has 7 nitrogen and oxygen atoms in total. The molecular formula is C13H17N5O2S. The van der Waals surface area contributed by atoms with E-state index < -0.39 is 10.0 Å². The van der Waals surface area contributed by atoms with E-state index in [-0.39, 0.29) is 11.4 Å². The van der Waals surface area contributed by atoms with E-state index in [2.05, 4.69) is 25.0 Å². The maximum Gasteiger partial charge on any atom is 0.243 e. The highest BCUT2D eigenvalue weighted by molar-refractivity contribution is 7.89. The van der Waals surface area contributed by atoms with Gasteiger partial charge < -0.3 is 5.32 Å². The predicted octanol–water partition coefficient (Wildman–Crippen LogP) is 0.824. The second-order valence-corrected chi connectivity index (χ2v) is 6.01. The van der Waals surface area contributed by atoms with Gasteiger partial charge in [0.15, 0.2) is 0 Å². The van der Waals surface area contributed by atoms with E-state index in [0.717, 1.165) is 5.69 Å². The molecule has 0 aliphatic carbocycles. The van der Waals surface area contributed by atoms with Crippen LogP contribution in [0.5, 0.6) is 0 Å². The van der Waals surface area contributed by atoms with Gasteiger partial charge in [0.25, 0.3) is 0 Å². The van der Waals surface area contributed by atoms with Crippen molar-refractivity contribution in [2.45, 2.75) is 18.2 Å². The number of sulfonamides is 1. The van der Waals surface area contributed by atoms with Gasteiger partial charge in [-0.25, -0.2) is 23.1 Å². The molecule has 2 aromatic rings. The van der Waals surface area contributed by atoms with Crippen molar-refractivity contribution in [2.24, 2.45) is 0 Å². The number of hydrogen-bond acceptors (Lipinski definition) is 6. The van der Waals surface area contributed by atoms with Crippen LogP contribution in [0.2, 0.25) is 0 Å². The van der Waals surface area contributed by atoms with Crippen LogP contribution in [-0.4, -0.2) is 36.5 Å². The molecule has 0 bridgehead atoms. The minimum absolute atomic E-state index is 0.0465. The Bertz CT molecular complexity index is 659. The number of anilines is 1. The van der Waals surface area contributed by atoms with Crippen LogP contribution in [0.15, 0.2) is 41.7 Å². The zero-order valence-electron chi connectivity index (χ0n) is 11.7. The molecular weight excluding hydrogens is 290 g/mol. The summed E-state index contributed by atoms with van der Waals surface area (Å²) in [5.74, 6) is 0.407. The van der Waals surface area contributed by atoms with Crippen LogP contribution in [0.1, 0.15) is 12.6 Å². The van der Waals surface area contributed by atoms with Crippen molar-refractivity contribution in [3.63, 3.8) is 0 Å². The summed E-state index contributed by atoms with van der Waals surface area (Å²) in [7, 11) is -3.59. The molecule has 2 rings (SSSR count). The normalized spacial score (nSPS) is 11.3. The van der Waals surface area contributed by atoms with E-state index in [1.165, 1.54) is 12.4 Å². The lowest BCUT2D eigenvalue weighted by Gasteiger charge is -2.07. The maximum atomic E-state index is 12.1. The molecule has 0 saturated heterocycles. The Morgan fingerprint density at radius 1 is 1.14 bits per heavy atom. The standard InChI is InChI=1S/C13H17N5O2S/c1-2-14-13-16-9-12(10-17-13)21(19,20)18-8-6-11-5-3-4-7-15-11/h3-5,7,9-10,18H,2,6,8H2,1H3,(H,14,16,17). The molecule has 0 radical (unpaired) electrons. The maximum absolute atomic E-state index is 12.1. The fourth-order valence-corrected chi connectivity index (χ4v) is 2.57. The quantitative estimate of drug-likeness (QED) is 0.786. The van der Waals surface area contributed by atoms with Gasteiger partial charge in [0, 0.05) is 31.4 Å². The molecule has 0 unspecified atom stereocenters. The first-order valence-electron chi connectivity index (χ1n) is 6.57. The van der Waals surface area contributed by atoms with Crippen LogP contribution in [0.3, 0.4) is 0 Å². The van der Waals surface area contributed by atoms with Crippen LogP contribution in [0, 0.1) is 0 Å². The Labute approximate surface area is 123 Å². The van der Waals surface area contributed by atoms with E-state index in [9.17, 15) is 8.42 Å². The van der Waals surface area contributed by atoms with Gasteiger partial charge in [-0.3, -0.25) is 4.98 Å². The average molecular weight is 307 g/mol. The lowest BCUT2D eigenvalue weighted by atomic mass is 10.3. The average Bonchev–Trinajstić information content (AvgIpc) is 2.49. The molecule has 112 valence electrons. The van der Waals surface area contributed by atoms with Gasteiger partial charge in [-0.15, -0.1) is 0 Å². The highest BCUT2D eigenvalue weighted by Gasteiger charge is 2.14. The predicted molar refractivity (Wildman–Crippen MR) is 79.3 cm³/mol. The zero-order chi connectivity index (χ0) is 15.1. The summed E-state index contributed by atoms with van der Waals surface area (Å²) < 4.78 is 26.6. The van der Waals surface area contributed by atoms with Crippen molar-refractivity contribution in [3.8, 4) is 0 Å². The molecule has 0 aromatic carbocycles. The topological polar surface area (TPSA) is 96.9 Å². The lowest BCUT2D eigenvalue weighted by Crippen LogP contribution is -2.26. The van der Waals surface area contributed by atoms with Gasteiger partial charge in [-0.2, -0.15) is 0 Å². The zero-order valence-corrected chi connectivity index (χ0v) is 12.5. The molecule has 0 saturated carbocycles.